The Morgan fingerprint density at radius 2 is 1.85 bits per heavy atom. The molecule has 70 valence electrons. The summed E-state index contributed by atoms with van der Waals surface area (Å²) in [5.74, 6) is 2.26. The summed E-state index contributed by atoms with van der Waals surface area (Å²) in [7, 11) is 0. The number of amides is 2. The van der Waals surface area contributed by atoms with E-state index in [1.165, 1.54) is 9.80 Å². The fourth-order valence-electron chi connectivity index (χ4n) is 1.25. The van der Waals surface area contributed by atoms with E-state index in [2.05, 4.69) is 5.92 Å². The van der Waals surface area contributed by atoms with Gasteiger partial charge in [-0.2, -0.15) is 0 Å². The molecule has 4 heteroatoms. The Kier molecular flexibility index (Phi) is 2.91. The third-order valence-corrected chi connectivity index (χ3v) is 2.02. The molecule has 0 aromatic rings. The maximum Gasteiger partial charge on any atom is 0.243 e. The average Bonchev–Trinajstić information content (AvgIpc) is 2.11. The molecule has 0 aliphatic carbocycles. The first-order chi connectivity index (χ1) is 6.19. The molecule has 0 aromatic heterocycles. The molecule has 2 amide bonds. The third kappa shape index (κ3) is 2.00. The average molecular weight is 180 g/mol. The van der Waals surface area contributed by atoms with Crippen molar-refractivity contribution in [3.63, 3.8) is 0 Å². The first kappa shape index (κ1) is 9.59. The fraction of sp³-hybridized carbons (Fsp3) is 0.556. The fourth-order valence-corrected chi connectivity index (χ4v) is 1.25. The number of likely N-dealkylation sites (N-methyl/N-ethyl adjacent to an activating group) is 1. The second-order valence-corrected chi connectivity index (χ2v) is 2.86. The number of carbonyl (C=O) groups excluding carboxylic acids is 2. The zero-order valence-electron chi connectivity index (χ0n) is 7.62. The van der Waals surface area contributed by atoms with Gasteiger partial charge in [0.15, 0.2) is 0 Å². The number of hydrogen-bond donors (Lipinski definition) is 0. The lowest BCUT2D eigenvalue weighted by Crippen LogP contribution is -2.53. The van der Waals surface area contributed by atoms with Crippen molar-refractivity contribution in [3.05, 3.63) is 0 Å². The van der Waals surface area contributed by atoms with E-state index in [1.807, 2.05) is 6.92 Å². The van der Waals surface area contributed by atoms with Crippen LogP contribution in [0.15, 0.2) is 0 Å². The molecule has 0 N–H and O–H groups in total. The largest absolute Gasteiger partial charge is 0.332 e. The van der Waals surface area contributed by atoms with Gasteiger partial charge in [0.25, 0.3) is 0 Å². The molecule has 1 saturated heterocycles. The minimum absolute atomic E-state index is 0.0302. The van der Waals surface area contributed by atoms with Crippen LogP contribution in [0.3, 0.4) is 0 Å². The van der Waals surface area contributed by atoms with Crippen molar-refractivity contribution in [3.8, 4) is 12.3 Å². The second-order valence-electron chi connectivity index (χ2n) is 2.86. The highest BCUT2D eigenvalue weighted by Crippen LogP contribution is 2.03. The first-order valence-electron chi connectivity index (χ1n) is 4.18. The van der Waals surface area contributed by atoms with E-state index < -0.39 is 0 Å². The van der Waals surface area contributed by atoms with E-state index in [0.717, 1.165) is 0 Å². The molecule has 1 aliphatic rings. The summed E-state index contributed by atoms with van der Waals surface area (Å²) >= 11 is 0. The quantitative estimate of drug-likeness (QED) is 0.528. The Balaban J connectivity index is 2.63. The van der Waals surface area contributed by atoms with E-state index >= 15 is 0 Å². The standard InChI is InChI=1S/C9H12N2O2/c1-3-5-11-7-8(12)10(4-2)6-9(11)13/h1H,4-7H2,2H3. The van der Waals surface area contributed by atoms with Crippen LogP contribution in [0, 0.1) is 12.3 Å². The molecule has 0 saturated carbocycles. The van der Waals surface area contributed by atoms with Crippen molar-refractivity contribution in [2.24, 2.45) is 0 Å². The zero-order chi connectivity index (χ0) is 9.84. The molecule has 0 bridgehead atoms. The highest BCUT2D eigenvalue weighted by Gasteiger charge is 2.27. The summed E-state index contributed by atoms with van der Waals surface area (Å²) in [4.78, 5) is 25.6. The molecule has 1 rings (SSSR count). The van der Waals surface area contributed by atoms with Crippen molar-refractivity contribution >= 4 is 11.8 Å². The highest BCUT2D eigenvalue weighted by molar-refractivity contribution is 5.92. The van der Waals surface area contributed by atoms with Gasteiger partial charge in [-0.3, -0.25) is 9.59 Å². The van der Waals surface area contributed by atoms with Gasteiger partial charge in [0.1, 0.15) is 6.54 Å². The van der Waals surface area contributed by atoms with Crippen LogP contribution in [0.2, 0.25) is 0 Å². The lowest BCUT2D eigenvalue weighted by Gasteiger charge is -2.32. The molecule has 1 aliphatic heterocycles. The molecule has 1 heterocycles. The van der Waals surface area contributed by atoms with Gasteiger partial charge in [-0.1, -0.05) is 5.92 Å². The number of rotatable bonds is 2. The normalized spacial score (nSPS) is 17.5. The molecular weight excluding hydrogens is 168 g/mol. The van der Waals surface area contributed by atoms with Crippen LogP contribution in [0.1, 0.15) is 6.92 Å². The first-order valence-corrected chi connectivity index (χ1v) is 4.18. The molecule has 13 heavy (non-hydrogen) atoms. The van der Waals surface area contributed by atoms with Crippen molar-refractivity contribution in [1.29, 1.82) is 0 Å². The summed E-state index contributed by atoms with van der Waals surface area (Å²) in [6, 6.07) is 0. The van der Waals surface area contributed by atoms with Crippen LogP contribution in [-0.4, -0.2) is 47.8 Å². The van der Waals surface area contributed by atoms with Gasteiger partial charge in [-0.25, -0.2) is 0 Å². The molecular formula is C9H12N2O2. The van der Waals surface area contributed by atoms with Gasteiger partial charge in [0.05, 0.1) is 13.1 Å². The Hall–Kier alpha value is -1.50. The number of carbonyl (C=O) groups is 2. The zero-order valence-corrected chi connectivity index (χ0v) is 7.62. The van der Waals surface area contributed by atoms with Crippen LogP contribution in [0.25, 0.3) is 0 Å². The van der Waals surface area contributed by atoms with Crippen molar-refractivity contribution in [1.82, 2.24) is 9.80 Å². The Bertz CT molecular complexity index is 267. The maximum atomic E-state index is 11.3. The lowest BCUT2D eigenvalue weighted by molar-refractivity contribution is -0.149. The Labute approximate surface area is 77.5 Å². The number of piperazine rings is 1. The van der Waals surface area contributed by atoms with Gasteiger partial charge in [-0.05, 0) is 6.92 Å². The van der Waals surface area contributed by atoms with Gasteiger partial charge in [0, 0.05) is 6.54 Å². The van der Waals surface area contributed by atoms with Crippen LogP contribution >= 0.6 is 0 Å². The van der Waals surface area contributed by atoms with E-state index in [-0.39, 0.29) is 31.4 Å². The minimum Gasteiger partial charge on any atom is -0.332 e. The van der Waals surface area contributed by atoms with Crippen molar-refractivity contribution in [2.75, 3.05) is 26.2 Å². The van der Waals surface area contributed by atoms with Crippen LogP contribution in [-0.2, 0) is 9.59 Å². The summed E-state index contributed by atoms with van der Waals surface area (Å²) in [5.41, 5.74) is 0. The van der Waals surface area contributed by atoms with Crippen molar-refractivity contribution < 1.29 is 9.59 Å². The lowest BCUT2D eigenvalue weighted by atomic mass is 10.3. The molecule has 0 atom stereocenters. The SMILES string of the molecule is C#CCN1CC(=O)N(CC)CC1=O. The van der Waals surface area contributed by atoms with E-state index in [0.29, 0.717) is 6.54 Å². The Morgan fingerprint density at radius 3 is 2.38 bits per heavy atom. The number of hydrogen-bond acceptors (Lipinski definition) is 2. The maximum absolute atomic E-state index is 11.3. The summed E-state index contributed by atoms with van der Waals surface area (Å²) in [6.45, 7) is 2.94. The molecule has 0 aromatic carbocycles. The number of terminal acetylenes is 1. The smallest absolute Gasteiger partial charge is 0.243 e. The van der Waals surface area contributed by atoms with Gasteiger partial charge >= 0.3 is 0 Å². The van der Waals surface area contributed by atoms with Crippen LogP contribution in [0.4, 0.5) is 0 Å². The summed E-state index contributed by atoms with van der Waals surface area (Å²) in [6.07, 6.45) is 5.07. The van der Waals surface area contributed by atoms with Gasteiger partial charge < -0.3 is 9.80 Å². The van der Waals surface area contributed by atoms with Crippen LogP contribution < -0.4 is 0 Å². The highest BCUT2D eigenvalue weighted by atomic mass is 16.2. The topological polar surface area (TPSA) is 40.6 Å². The summed E-state index contributed by atoms with van der Waals surface area (Å²) < 4.78 is 0. The minimum atomic E-state index is -0.0700. The molecule has 0 spiro atoms. The molecule has 1 fully saturated rings. The van der Waals surface area contributed by atoms with Gasteiger partial charge in [0.2, 0.25) is 11.8 Å². The van der Waals surface area contributed by atoms with Crippen LogP contribution in [0.5, 0.6) is 0 Å². The molecule has 4 nitrogen and oxygen atoms in total. The third-order valence-electron chi connectivity index (χ3n) is 2.02. The Morgan fingerprint density at radius 1 is 1.31 bits per heavy atom. The second kappa shape index (κ2) is 3.94. The predicted molar refractivity (Wildman–Crippen MR) is 47.7 cm³/mol. The summed E-state index contributed by atoms with van der Waals surface area (Å²) in [5, 5.41) is 0. The molecule has 0 unspecified atom stereocenters. The monoisotopic (exact) mass is 180 g/mol. The van der Waals surface area contributed by atoms with E-state index in [9.17, 15) is 9.59 Å². The van der Waals surface area contributed by atoms with E-state index in [1.54, 1.807) is 0 Å². The van der Waals surface area contributed by atoms with Crippen molar-refractivity contribution in [2.45, 2.75) is 6.92 Å². The van der Waals surface area contributed by atoms with E-state index in [4.69, 9.17) is 6.42 Å². The molecule has 0 radical (unpaired) electrons. The number of nitrogens with zero attached hydrogens (tertiary/aromatic N) is 2. The predicted octanol–water partition coefficient (Wildman–Crippen LogP) is -0.690. The van der Waals surface area contributed by atoms with Gasteiger partial charge in [-0.15, -0.1) is 6.42 Å².